The Hall–Kier alpha value is -2.42. The van der Waals surface area contributed by atoms with Crippen LogP contribution >= 0.6 is 0 Å². The van der Waals surface area contributed by atoms with Gasteiger partial charge in [-0.15, -0.1) is 0 Å². The molecule has 0 N–H and O–H groups in total. The van der Waals surface area contributed by atoms with Crippen LogP contribution in [0, 0.1) is 5.41 Å². The second-order valence-corrected chi connectivity index (χ2v) is 11.0. The first-order chi connectivity index (χ1) is 15.7. The SMILES string of the molecule is C=C1C=C([Se]c2ccccc2)CC(COCc2ccccc2)(COCc2ccccc2)C1. The van der Waals surface area contributed by atoms with E-state index in [4.69, 9.17) is 9.47 Å². The van der Waals surface area contributed by atoms with E-state index in [1.54, 1.807) is 0 Å². The van der Waals surface area contributed by atoms with Gasteiger partial charge in [0, 0.05) is 0 Å². The summed E-state index contributed by atoms with van der Waals surface area (Å²) in [6, 6.07) is 31.5. The molecule has 0 aliphatic heterocycles. The Labute approximate surface area is 198 Å². The Morgan fingerprint density at radius 3 is 1.72 bits per heavy atom. The molecule has 0 unspecified atom stereocenters. The molecule has 0 saturated carbocycles. The first-order valence-corrected chi connectivity index (χ1v) is 12.8. The zero-order chi connectivity index (χ0) is 22.1. The quantitative estimate of drug-likeness (QED) is 0.342. The molecule has 0 radical (unpaired) electrons. The molecule has 0 bridgehead atoms. The van der Waals surface area contributed by atoms with Crippen LogP contribution in [0.4, 0.5) is 0 Å². The van der Waals surface area contributed by atoms with E-state index in [-0.39, 0.29) is 20.4 Å². The molecule has 164 valence electrons. The normalized spacial score (nSPS) is 15.4. The predicted octanol–water partition coefficient (Wildman–Crippen LogP) is 5.67. The van der Waals surface area contributed by atoms with Crippen molar-refractivity contribution in [3.8, 4) is 0 Å². The van der Waals surface area contributed by atoms with Gasteiger partial charge in [-0.25, -0.2) is 0 Å². The summed E-state index contributed by atoms with van der Waals surface area (Å²) in [5.41, 5.74) is 3.50. The van der Waals surface area contributed by atoms with Gasteiger partial charge < -0.3 is 0 Å². The van der Waals surface area contributed by atoms with Gasteiger partial charge in [0.25, 0.3) is 0 Å². The van der Waals surface area contributed by atoms with Crippen molar-refractivity contribution in [2.24, 2.45) is 5.41 Å². The summed E-state index contributed by atoms with van der Waals surface area (Å²) in [6.45, 7) is 6.93. The van der Waals surface area contributed by atoms with Crippen molar-refractivity contribution in [1.29, 1.82) is 0 Å². The molecule has 3 heteroatoms. The van der Waals surface area contributed by atoms with Crippen LogP contribution in [0.25, 0.3) is 0 Å². The third-order valence-corrected chi connectivity index (χ3v) is 7.71. The zero-order valence-electron chi connectivity index (χ0n) is 18.4. The average Bonchev–Trinajstić information content (AvgIpc) is 2.81. The first kappa shape index (κ1) is 22.8. The summed E-state index contributed by atoms with van der Waals surface area (Å²) >= 11 is 0.286. The molecule has 1 aliphatic carbocycles. The third-order valence-electron chi connectivity index (χ3n) is 5.55. The monoisotopic (exact) mass is 490 g/mol. The van der Waals surface area contributed by atoms with Crippen LogP contribution in [0.15, 0.2) is 114 Å². The Bertz CT molecular complexity index is 967. The van der Waals surface area contributed by atoms with E-state index in [1.807, 2.05) is 12.1 Å². The minimum absolute atomic E-state index is 0.0821. The van der Waals surface area contributed by atoms with Gasteiger partial charge >= 0.3 is 198 Å². The van der Waals surface area contributed by atoms with E-state index >= 15 is 0 Å². The van der Waals surface area contributed by atoms with E-state index in [9.17, 15) is 0 Å². The third kappa shape index (κ3) is 6.79. The van der Waals surface area contributed by atoms with Crippen molar-refractivity contribution in [3.05, 3.63) is 125 Å². The zero-order valence-corrected chi connectivity index (χ0v) is 20.1. The molecule has 3 aromatic rings. The second kappa shape index (κ2) is 11.4. The summed E-state index contributed by atoms with van der Waals surface area (Å²) < 4.78 is 15.4. The first-order valence-electron chi connectivity index (χ1n) is 11.1. The van der Waals surface area contributed by atoms with Gasteiger partial charge in [-0.3, -0.25) is 0 Å². The average molecular weight is 490 g/mol. The van der Waals surface area contributed by atoms with Crippen LogP contribution < -0.4 is 4.46 Å². The van der Waals surface area contributed by atoms with Crippen LogP contribution in [-0.2, 0) is 22.7 Å². The molecule has 2 nitrogen and oxygen atoms in total. The van der Waals surface area contributed by atoms with Crippen LogP contribution in [0.3, 0.4) is 0 Å². The van der Waals surface area contributed by atoms with Crippen LogP contribution in [-0.4, -0.2) is 28.2 Å². The van der Waals surface area contributed by atoms with E-state index in [0.29, 0.717) is 26.4 Å². The fourth-order valence-corrected chi connectivity index (χ4v) is 6.63. The maximum absolute atomic E-state index is 6.27. The molecule has 32 heavy (non-hydrogen) atoms. The molecule has 0 amide bonds. The summed E-state index contributed by atoms with van der Waals surface area (Å²) in [5, 5.41) is 0. The van der Waals surface area contributed by atoms with Crippen molar-refractivity contribution in [2.45, 2.75) is 26.1 Å². The number of hydrogen-bond donors (Lipinski definition) is 0. The van der Waals surface area contributed by atoms with Gasteiger partial charge in [-0.2, -0.15) is 0 Å². The fourth-order valence-electron chi connectivity index (χ4n) is 4.11. The molecule has 0 fully saturated rings. The van der Waals surface area contributed by atoms with Gasteiger partial charge in [-0.1, -0.05) is 0 Å². The molecule has 3 aromatic carbocycles. The fraction of sp³-hybridized carbons (Fsp3) is 0.241. The van der Waals surface area contributed by atoms with E-state index in [2.05, 4.69) is 91.5 Å². The summed E-state index contributed by atoms with van der Waals surface area (Å²) in [5.74, 6) is 0. The van der Waals surface area contributed by atoms with Crippen LogP contribution in [0.2, 0.25) is 0 Å². The Kier molecular flexibility index (Phi) is 8.14. The molecule has 4 rings (SSSR count). The Morgan fingerprint density at radius 2 is 1.19 bits per heavy atom. The number of rotatable bonds is 10. The van der Waals surface area contributed by atoms with Gasteiger partial charge in [0.05, 0.1) is 0 Å². The molecule has 1 aliphatic rings. The number of allylic oxidation sites excluding steroid dienone is 3. The molecular formula is C29H30O2Se. The number of ether oxygens (including phenoxy) is 2. The second-order valence-electron chi connectivity index (χ2n) is 8.49. The van der Waals surface area contributed by atoms with Crippen molar-refractivity contribution >= 4 is 19.4 Å². The van der Waals surface area contributed by atoms with Gasteiger partial charge in [-0.05, 0) is 0 Å². The summed E-state index contributed by atoms with van der Waals surface area (Å²) in [6.07, 6.45) is 4.20. The van der Waals surface area contributed by atoms with Crippen molar-refractivity contribution in [2.75, 3.05) is 13.2 Å². The van der Waals surface area contributed by atoms with Crippen molar-refractivity contribution in [1.82, 2.24) is 0 Å². The summed E-state index contributed by atoms with van der Waals surface area (Å²) in [4.78, 5) is 0. The maximum atomic E-state index is 6.27. The topological polar surface area (TPSA) is 18.5 Å². The summed E-state index contributed by atoms with van der Waals surface area (Å²) in [7, 11) is 0. The Morgan fingerprint density at radius 1 is 0.688 bits per heavy atom. The van der Waals surface area contributed by atoms with E-state index < -0.39 is 0 Å². The van der Waals surface area contributed by atoms with Gasteiger partial charge in [0.15, 0.2) is 0 Å². The number of hydrogen-bond acceptors (Lipinski definition) is 2. The standard InChI is InChI=1S/C29H30O2Se/c1-24-17-28(32-27-15-9-4-10-16-27)19-29(18-24,22-30-20-25-11-5-2-6-12-25)23-31-21-26-13-7-3-8-14-26/h2-17H,1,18-23H2. The van der Waals surface area contributed by atoms with Crippen LogP contribution in [0.5, 0.6) is 0 Å². The molecule has 0 atom stereocenters. The molecule has 0 saturated heterocycles. The Balaban J connectivity index is 1.45. The number of benzene rings is 3. The molecule has 0 heterocycles. The minimum atomic E-state index is -0.0821. The van der Waals surface area contributed by atoms with Crippen molar-refractivity contribution in [3.63, 3.8) is 0 Å². The van der Waals surface area contributed by atoms with Crippen LogP contribution in [0.1, 0.15) is 24.0 Å². The van der Waals surface area contributed by atoms with Gasteiger partial charge in [0.2, 0.25) is 0 Å². The van der Waals surface area contributed by atoms with Crippen molar-refractivity contribution < 1.29 is 9.47 Å². The molecule has 0 aromatic heterocycles. The van der Waals surface area contributed by atoms with E-state index in [0.717, 1.165) is 12.8 Å². The molecule has 0 spiro atoms. The predicted molar refractivity (Wildman–Crippen MR) is 133 cm³/mol. The van der Waals surface area contributed by atoms with E-state index in [1.165, 1.54) is 25.6 Å². The molecular weight excluding hydrogens is 459 g/mol. The van der Waals surface area contributed by atoms with Gasteiger partial charge in [0.1, 0.15) is 0 Å².